The number of hydrogen-bond donors (Lipinski definition) is 1. The number of rotatable bonds is 7. The Bertz CT molecular complexity index is 342. The van der Waals surface area contributed by atoms with Crippen molar-refractivity contribution in [2.24, 2.45) is 5.73 Å². The highest BCUT2D eigenvalue weighted by atomic mass is 19.1. The van der Waals surface area contributed by atoms with Crippen LogP contribution in [0.25, 0.3) is 0 Å². The van der Waals surface area contributed by atoms with Crippen molar-refractivity contribution in [3.63, 3.8) is 0 Å². The van der Waals surface area contributed by atoms with Crippen LogP contribution in [0.15, 0.2) is 18.2 Å². The number of halogens is 1. The summed E-state index contributed by atoms with van der Waals surface area (Å²) < 4.78 is 23.6. The fraction of sp³-hybridized carbons (Fsp3) is 0.538. The minimum atomic E-state index is -0.304. The lowest BCUT2D eigenvalue weighted by atomic mass is 10.1. The Morgan fingerprint density at radius 3 is 2.65 bits per heavy atom. The number of unbranched alkanes of at least 4 members (excludes halogenated alkanes) is 1. The third kappa shape index (κ3) is 4.71. The third-order valence-corrected chi connectivity index (χ3v) is 2.47. The monoisotopic (exact) mass is 241 g/mol. The molecule has 0 radical (unpaired) electrons. The van der Waals surface area contributed by atoms with Gasteiger partial charge in [0.1, 0.15) is 11.6 Å². The summed E-state index contributed by atoms with van der Waals surface area (Å²) in [6.07, 6.45) is 1.81. The predicted molar refractivity (Wildman–Crippen MR) is 65.6 cm³/mol. The van der Waals surface area contributed by atoms with Gasteiger partial charge >= 0.3 is 0 Å². The Morgan fingerprint density at radius 1 is 1.29 bits per heavy atom. The van der Waals surface area contributed by atoms with E-state index in [2.05, 4.69) is 0 Å². The van der Waals surface area contributed by atoms with Crippen LogP contribution in [0.5, 0.6) is 5.75 Å². The molecule has 96 valence electrons. The summed E-state index contributed by atoms with van der Waals surface area (Å²) in [7, 11) is 1.67. The van der Waals surface area contributed by atoms with Gasteiger partial charge in [0.05, 0.1) is 6.61 Å². The zero-order valence-electron chi connectivity index (χ0n) is 10.4. The van der Waals surface area contributed by atoms with E-state index in [9.17, 15) is 4.39 Å². The van der Waals surface area contributed by atoms with Crippen LogP contribution in [0.4, 0.5) is 4.39 Å². The van der Waals surface area contributed by atoms with E-state index in [-0.39, 0.29) is 11.9 Å². The van der Waals surface area contributed by atoms with Crippen LogP contribution < -0.4 is 10.5 Å². The molecule has 4 heteroatoms. The summed E-state index contributed by atoms with van der Waals surface area (Å²) >= 11 is 0. The maximum Gasteiger partial charge on any atom is 0.126 e. The Balaban J connectivity index is 2.53. The van der Waals surface area contributed by atoms with Crippen LogP contribution in [0.2, 0.25) is 0 Å². The van der Waals surface area contributed by atoms with Gasteiger partial charge in [0, 0.05) is 31.4 Å². The molecule has 0 aliphatic carbocycles. The van der Waals surface area contributed by atoms with Crippen molar-refractivity contribution in [2.45, 2.75) is 25.8 Å². The Kier molecular flexibility index (Phi) is 5.94. The van der Waals surface area contributed by atoms with Crippen LogP contribution in [0.3, 0.4) is 0 Å². The topological polar surface area (TPSA) is 44.5 Å². The van der Waals surface area contributed by atoms with Crippen molar-refractivity contribution in [3.8, 4) is 5.75 Å². The molecule has 0 heterocycles. The van der Waals surface area contributed by atoms with Crippen LogP contribution in [-0.4, -0.2) is 20.3 Å². The Morgan fingerprint density at radius 2 is 2.00 bits per heavy atom. The highest BCUT2D eigenvalue weighted by Crippen LogP contribution is 2.24. The molecule has 1 rings (SSSR count). The van der Waals surface area contributed by atoms with Gasteiger partial charge < -0.3 is 15.2 Å². The van der Waals surface area contributed by atoms with E-state index in [4.69, 9.17) is 15.2 Å². The van der Waals surface area contributed by atoms with Gasteiger partial charge in [-0.15, -0.1) is 0 Å². The lowest BCUT2D eigenvalue weighted by Gasteiger charge is -2.14. The second-order valence-electron chi connectivity index (χ2n) is 4.02. The second-order valence-corrected chi connectivity index (χ2v) is 4.02. The molecule has 0 aromatic heterocycles. The summed E-state index contributed by atoms with van der Waals surface area (Å²) in [5.41, 5.74) is 6.63. The lowest BCUT2D eigenvalue weighted by Crippen LogP contribution is -2.09. The average molecular weight is 241 g/mol. The maximum absolute atomic E-state index is 13.1. The minimum absolute atomic E-state index is 0.162. The van der Waals surface area contributed by atoms with E-state index in [1.54, 1.807) is 13.2 Å². The zero-order chi connectivity index (χ0) is 12.7. The molecule has 0 aliphatic rings. The molecule has 2 N–H and O–H groups in total. The smallest absolute Gasteiger partial charge is 0.126 e. The van der Waals surface area contributed by atoms with Gasteiger partial charge in [0.15, 0.2) is 0 Å². The highest BCUT2D eigenvalue weighted by molar-refractivity contribution is 5.36. The van der Waals surface area contributed by atoms with Crippen molar-refractivity contribution in [1.82, 2.24) is 0 Å². The van der Waals surface area contributed by atoms with E-state index < -0.39 is 0 Å². The largest absolute Gasteiger partial charge is 0.493 e. The number of nitrogens with two attached hydrogens (primary N) is 1. The van der Waals surface area contributed by atoms with Gasteiger partial charge in [0.2, 0.25) is 0 Å². The van der Waals surface area contributed by atoms with Crippen molar-refractivity contribution in [3.05, 3.63) is 29.6 Å². The van der Waals surface area contributed by atoms with Crippen LogP contribution in [0, 0.1) is 5.82 Å². The molecule has 0 bridgehead atoms. The van der Waals surface area contributed by atoms with Crippen LogP contribution >= 0.6 is 0 Å². The molecule has 17 heavy (non-hydrogen) atoms. The molecular weight excluding hydrogens is 221 g/mol. The van der Waals surface area contributed by atoms with Gasteiger partial charge in [-0.05, 0) is 25.8 Å². The SMILES string of the molecule is COCCCCOc1cc(F)ccc1[C@@H](C)N. The molecule has 1 atom stereocenters. The fourth-order valence-electron chi connectivity index (χ4n) is 1.54. The van der Waals surface area contributed by atoms with E-state index in [0.717, 1.165) is 18.4 Å². The summed E-state index contributed by atoms with van der Waals surface area (Å²) in [5.74, 6) is 0.235. The first-order chi connectivity index (χ1) is 8.15. The predicted octanol–water partition coefficient (Wildman–Crippen LogP) is 2.65. The van der Waals surface area contributed by atoms with Gasteiger partial charge in [0.25, 0.3) is 0 Å². The molecule has 1 aromatic rings. The van der Waals surface area contributed by atoms with E-state index >= 15 is 0 Å². The molecule has 0 saturated heterocycles. The Labute approximate surface area is 102 Å². The first-order valence-electron chi connectivity index (χ1n) is 5.82. The first-order valence-corrected chi connectivity index (χ1v) is 5.82. The molecular formula is C13H20FNO2. The zero-order valence-corrected chi connectivity index (χ0v) is 10.4. The molecule has 3 nitrogen and oxygen atoms in total. The number of benzene rings is 1. The van der Waals surface area contributed by atoms with Gasteiger partial charge in [-0.25, -0.2) is 4.39 Å². The molecule has 0 unspecified atom stereocenters. The van der Waals surface area contributed by atoms with E-state index in [1.165, 1.54) is 12.1 Å². The molecule has 0 saturated carbocycles. The summed E-state index contributed by atoms with van der Waals surface area (Å²) in [6.45, 7) is 3.12. The second kappa shape index (κ2) is 7.25. The first kappa shape index (κ1) is 13.9. The molecule has 1 aromatic carbocycles. The van der Waals surface area contributed by atoms with E-state index in [0.29, 0.717) is 19.0 Å². The molecule has 0 spiro atoms. The standard InChI is InChI=1S/C13H20FNO2/c1-10(15)12-6-5-11(14)9-13(12)17-8-4-3-7-16-2/h5-6,9-10H,3-4,7-8,15H2,1-2H3/t10-/m1/s1. The quantitative estimate of drug-likeness (QED) is 0.746. The number of ether oxygens (including phenoxy) is 2. The summed E-state index contributed by atoms with van der Waals surface area (Å²) in [5, 5.41) is 0. The fourth-order valence-corrected chi connectivity index (χ4v) is 1.54. The average Bonchev–Trinajstić information content (AvgIpc) is 2.28. The van der Waals surface area contributed by atoms with Crippen molar-refractivity contribution >= 4 is 0 Å². The molecule has 0 amide bonds. The maximum atomic E-state index is 13.1. The third-order valence-electron chi connectivity index (χ3n) is 2.47. The molecule has 0 aliphatic heterocycles. The number of methoxy groups -OCH3 is 1. The summed E-state index contributed by atoms with van der Waals surface area (Å²) in [4.78, 5) is 0. The highest BCUT2D eigenvalue weighted by Gasteiger charge is 2.09. The molecule has 0 fully saturated rings. The summed E-state index contributed by atoms with van der Waals surface area (Å²) in [6, 6.07) is 4.29. The van der Waals surface area contributed by atoms with Gasteiger partial charge in [-0.3, -0.25) is 0 Å². The van der Waals surface area contributed by atoms with Gasteiger partial charge in [-0.1, -0.05) is 6.07 Å². The number of hydrogen-bond acceptors (Lipinski definition) is 3. The van der Waals surface area contributed by atoms with Gasteiger partial charge in [-0.2, -0.15) is 0 Å². The normalized spacial score (nSPS) is 12.5. The van der Waals surface area contributed by atoms with E-state index in [1.807, 2.05) is 6.92 Å². The Hall–Kier alpha value is -1.13. The van der Waals surface area contributed by atoms with Crippen molar-refractivity contribution in [2.75, 3.05) is 20.3 Å². The van der Waals surface area contributed by atoms with Crippen LogP contribution in [-0.2, 0) is 4.74 Å². The van der Waals surface area contributed by atoms with Crippen LogP contribution in [0.1, 0.15) is 31.4 Å². The van der Waals surface area contributed by atoms with Crippen molar-refractivity contribution in [1.29, 1.82) is 0 Å². The minimum Gasteiger partial charge on any atom is -0.493 e. The lowest BCUT2D eigenvalue weighted by molar-refractivity contribution is 0.184. The van der Waals surface area contributed by atoms with Crippen molar-refractivity contribution < 1.29 is 13.9 Å².